The monoisotopic (exact) mass is 521 g/mol. The summed E-state index contributed by atoms with van der Waals surface area (Å²) in [4.78, 5) is 2.31. The summed E-state index contributed by atoms with van der Waals surface area (Å²) in [6.45, 7) is 4.05. The molecule has 0 aromatic heterocycles. The van der Waals surface area contributed by atoms with Crippen molar-refractivity contribution in [3.63, 3.8) is 0 Å². The Hall–Kier alpha value is -3.38. The first-order chi connectivity index (χ1) is 18.0. The van der Waals surface area contributed by atoms with Crippen molar-refractivity contribution in [1.29, 1.82) is 0 Å². The Bertz CT molecular complexity index is 1640. The van der Waals surface area contributed by atoms with E-state index in [9.17, 15) is 8.42 Å². The van der Waals surface area contributed by atoms with E-state index < -0.39 is 21.8 Å². The summed E-state index contributed by atoms with van der Waals surface area (Å²) in [5.74, 6) is 0. The van der Waals surface area contributed by atoms with Gasteiger partial charge in [-0.3, -0.25) is 0 Å². The highest BCUT2D eigenvalue weighted by atomic mass is 32.2. The molecule has 3 nitrogen and oxygen atoms in total. The van der Waals surface area contributed by atoms with Crippen LogP contribution in [0, 0.1) is 13.8 Å². The van der Waals surface area contributed by atoms with Gasteiger partial charge in [-0.1, -0.05) is 90.0 Å². The van der Waals surface area contributed by atoms with Gasteiger partial charge in [0.2, 0.25) is 0 Å². The van der Waals surface area contributed by atoms with Gasteiger partial charge in [-0.05, 0) is 72.1 Å². The van der Waals surface area contributed by atoms with Crippen LogP contribution in [0.1, 0.15) is 34.3 Å². The SMILES string of the molecule is Cc1ccc([S@](=O)c2ccccc2[C@H]2[C@H](c3ccc4ccccc4c3)N2[S@](=O)c2ccc(C)cc2)cc1. The molecule has 0 aliphatic carbocycles. The predicted octanol–water partition coefficient (Wildman–Crippen LogP) is 7.44. The van der Waals surface area contributed by atoms with E-state index in [0.717, 1.165) is 42.3 Å². The smallest absolute Gasteiger partial charge is 0.128 e. The number of nitrogens with zero attached hydrogens (tertiary/aromatic N) is 1. The number of aryl methyl sites for hydroxylation is 2. The zero-order chi connectivity index (χ0) is 25.5. The fourth-order valence-corrected chi connectivity index (χ4v) is 7.58. The molecule has 1 aliphatic heterocycles. The first kappa shape index (κ1) is 24.0. The third kappa shape index (κ3) is 4.59. The maximum absolute atomic E-state index is 13.9. The third-order valence-corrected chi connectivity index (χ3v) is 9.94. The maximum atomic E-state index is 13.9. The van der Waals surface area contributed by atoms with E-state index in [0.29, 0.717) is 0 Å². The largest absolute Gasteiger partial charge is 0.249 e. The van der Waals surface area contributed by atoms with Crippen LogP contribution in [0.3, 0.4) is 0 Å². The molecule has 184 valence electrons. The highest BCUT2D eigenvalue weighted by Crippen LogP contribution is 2.58. The van der Waals surface area contributed by atoms with Crippen LogP contribution in [-0.4, -0.2) is 12.7 Å². The van der Waals surface area contributed by atoms with Crippen molar-refractivity contribution in [1.82, 2.24) is 4.31 Å². The van der Waals surface area contributed by atoms with Crippen LogP contribution in [0.2, 0.25) is 0 Å². The van der Waals surface area contributed by atoms with Crippen molar-refractivity contribution in [3.8, 4) is 0 Å². The van der Waals surface area contributed by atoms with Crippen LogP contribution < -0.4 is 0 Å². The zero-order valence-electron chi connectivity index (χ0n) is 20.7. The van der Waals surface area contributed by atoms with Gasteiger partial charge in [0.25, 0.3) is 0 Å². The van der Waals surface area contributed by atoms with Crippen molar-refractivity contribution in [2.45, 2.75) is 40.6 Å². The molecule has 0 N–H and O–H groups in total. The van der Waals surface area contributed by atoms with Crippen LogP contribution in [0.5, 0.6) is 0 Å². The van der Waals surface area contributed by atoms with E-state index in [4.69, 9.17) is 0 Å². The molecule has 1 fully saturated rings. The summed E-state index contributed by atoms with van der Waals surface area (Å²) < 4.78 is 29.7. The van der Waals surface area contributed by atoms with Gasteiger partial charge in [-0.15, -0.1) is 0 Å². The van der Waals surface area contributed by atoms with Gasteiger partial charge in [0, 0.05) is 9.79 Å². The average Bonchev–Trinajstić information content (AvgIpc) is 3.68. The molecule has 1 unspecified atom stereocenters. The second-order valence-electron chi connectivity index (χ2n) is 9.54. The van der Waals surface area contributed by atoms with Crippen molar-refractivity contribution in [3.05, 3.63) is 138 Å². The number of fused-ring (bicyclic) bond motifs is 1. The van der Waals surface area contributed by atoms with Gasteiger partial charge in [-0.2, -0.15) is 0 Å². The number of hydrogen-bond acceptors (Lipinski definition) is 2. The quantitative estimate of drug-likeness (QED) is 0.218. The average molecular weight is 522 g/mol. The summed E-state index contributed by atoms with van der Waals surface area (Å²) in [5, 5.41) is 2.33. The van der Waals surface area contributed by atoms with Gasteiger partial charge >= 0.3 is 0 Å². The minimum atomic E-state index is -1.36. The van der Waals surface area contributed by atoms with E-state index in [-0.39, 0.29) is 12.1 Å². The molecule has 0 amide bonds. The van der Waals surface area contributed by atoms with Gasteiger partial charge in [0.15, 0.2) is 0 Å². The highest BCUT2D eigenvalue weighted by molar-refractivity contribution is 7.85. The maximum Gasteiger partial charge on any atom is 0.128 e. The lowest BCUT2D eigenvalue weighted by Crippen LogP contribution is -2.06. The van der Waals surface area contributed by atoms with E-state index >= 15 is 0 Å². The molecule has 1 aliphatic rings. The lowest BCUT2D eigenvalue weighted by Gasteiger charge is -2.10. The van der Waals surface area contributed by atoms with Crippen molar-refractivity contribution >= 4 is 32.6 Å². The Labute approximate surface area is 222 Å². The molecular weight excluding hydrogens is 494 g/mol. The predicted molar refractivity (Wildman–Crippen MR) is 151 cm³/mol. The fourth-order valence-electron chi connectivity index (χ4n) is 4.90. The fraction of sp³-hybridized carbons (Fsp3) is 0.125. The number of rotatable bonds is 6. The standard InChI is InChI=1S/C32H27NO2S2/c1-22-11-17-27(18-12-22)36(34)30-10-6-5-9-29(30)32-31(26-16-15-24-7-3-4-8-25(24)21-26)33(32)37(35)28-19-13-23(2)14-20-28/h3-21,31-32H,1-2H3/t31-,32-,33?,36-,37+/m0/s1. The van der Waals surface area contributed by atoms with Crippen molar-refractivity contribution in [2.75, 3.05) is 0 Å². The minimum absolute atomic E-state index is 0.0806. The van der Waals surface area contributed by atoms with E-state index in [1.165, 1.54) is 5.39 Å². The summed E-state index contributed by atoms with van der Waals surface area (Å²) in [5.41, 5.74) is 4.33. The summed E-state index contributed by atoms with van der Waals surface area (Å²) in [7, 11) is -2.70. The van der Waals surface area contributed by atoms with Crippen LogP contribution in [0.4, 0.5) is 0 Å². The Morgan fingerprint density at radius 2 is 1.19 bits per heavy atom. The molecule has 0 saturated carbocycles. The highest BCUT2D eigenvalue weighted by Gasteiger charge is 2.54. The van der Waals surface area contributed by atoms with E-state index in [2.05, 4.69) is 30.3 Å². The molecule has 0 radical (unpaired) electrons. The van der Waals surface area contributed by atoms with Crippen molar-refractivity contribution in [2.24, 2.45) is 0 Å². The second kappa shape index (κ2) is 9.82. The summed E-state index contributed by atoms with van der Waals surface area (Å²) in [6.07, 6.45) is 0. The number of benzene rings is 5. The van der Waals surface area contributed by atoms with E-state index in [1.807, 2.05) is 103 Å². The van der Waals surface area contributed by atoms with Gasteiger partial charge in [0.05, 0.1) is 27.8 Å². The number of hydrogen-bond donors (Lipinski definition) is 0. The molecule has 37 heavy (non-hydrogen) atoms. The third-order valence-electron chi connectivity index (χ3n) is 6.96. The minimum Gasteiger partial charge on any atom is -0.249 e. The Balaban J connectivity index is 1.44. The lowest BCUT2D eigenvalue weighted by atomic mass is 10.0. The first-order valence-corrected chi connectivity index (χ1v) is 14.6. The molecule has 5 aromatic rings. The van der Waals surface area contributed by atoms with Gasteiger partial charge in [0.1, 0.15) is 11.0 Å². The first-order valence-electron chi connectivity index (χ1n) is 12.3. The van der Waals surface area contributed by atoms with Crippen LogP contribution in [0.25, 0.3) is 10.8 Å². The molecule has 5 heteroatoms. The summed E-state index contributed by atoms with van der Waals surface area (Å²) in [6, 6.07) is 38.1. The van der Waals surface area contributed by atoms with E-state index in [1.54, 1.807) is 0 Å². The molecule has 1 heterocycles. The second-order valence-corrected chi connectivity index (χ2v) is 12.4. The Kier molecular flexibility index (Phi) is 6.37. The van der Waals surface area contributed by atoms with Crippen molar-refractivity contribution < 1.29 is 8.42 Å². The molecule has 5 atom stereocenters. The van der Waals surface area contributed by atoms with Gasteiger partial charge in [-0.25, -0.2) is 12.7 Å². The Morgan fingerprint density at radius 3 is 1.89 bits per heavy atom. The molecule has 0 bridgehead atoms. The van der Waals surface area contributed by atoms with Crippen LogP contribution in [-0.2, 0) is 21.8 Å². The van der Waals surface area contributed by atoms with Gasteiger partial charge < -0.3 is 0 Å². The van der Waals surface area contributed by atoms with Crippen LogP contribution in [0.15, 0.2) is 130 Å². The van der Waals surface area contributed by atoms with Crippen LogP contribution >= 0.6 is 0 Å². The zero-order valence-corrected chi connectivity index (χ0v) is 22.3. The molecule has 6 rings (SSSR count). The lowest BCUT2D eigenvalue weighted by molar-refractivity contribution is 0.637. The molecule has 0 spiro atoms. The molecule has 1 saturated heterocycles. The normalized spacial score (nSPS) is 20.4. The molecular formula is C32H27NO2S2. The summed E-state index contributed by atoms with van der Waals surface area (Å²) >= 11 is 0. The topological polar surface area (TPSA) is 37.1 Å². The Morgan fingerprint density at radius 1 is 0.595 bits per heavy atom. The molecule has 5 aromatic carbocycles.